The Morgan fingerprint density at radius 1 is 1.25 bits per heavy atom. The van der Waals surface area contributed by atoms with Crippen molar-refractivity contribution in [2.75, 3.05) is 20.2 Å². The molecule has 0 aliphatic carbocycles. The lowest BCUT2D eigenvalue weighted by molar-refractivity contribution is 0.0718. The van der Waals surface area contributed by atoms with E-state index in [1.165, 1.54) is 0 Å². The molecular weight excluding hydrogens is 356 g/mol. The Bertz CT molecular complexity index is 1190. The van der Waals surface area contributed by atoms with E-state index in [0.717, 1.165) is 34.3 Å². The molecule has 1 amide bonds. The summed E-state index contributed by atoms with van der Waals surface area (Å²) in [5.41, 5.74) is 4.89. The number of imidazole rings is 1. The van der Waals surface area contributed by atoms with Gasteiger partial charge in [-0.25, -0.2) is 9.97 Å². The van der Waals surface area contributed by atoms with Crippen molar-refractivity contribution in [3.05, 3.63) is 54.3 Å². The summed E-state index contributed by atoms with van der Waals surface area (Å²) >= 11 is 0. The van der Waals surface area contributed by atoms with Gasteiger partial charge in [0.05, 0.1) is 12.3 Å². The van der Waals surface area contributed by atoms with Crippen molar-refractivity contribution < 1.29 is 13.9 Å². The number of likely N-dealkylation sites (tertiary alicyclic amines) is 1. The number of rotatable bonds is 3. The molecule has 1 atom stereocenters. The van der Waals surface area contributed by atoms with E-state index in [1.807, 2.05) is 52.8 Å². The van der Waals surface area contributed by atoms with Crippen LogP contribution < -0.4 is 0 Å². The molecule has 5 rings (SSSR count). The largest absolute Gasteiger partial charge is 0.441 e. The van der Waals surface area contributed by atoms with Crippen molar-refractivity contribution in [2.45, 2.75) is 19.4 Å². The number of benzene rings is 1. The van der Waals surface area contributed by atoms with Gasteiger partial charge >= 0.3 is 0 Å². The van der Waals surface area contributed by atoms with Crippen LogP contribution in [0.5, 0.6) is 0 Å². The van der Waals surface area contributed by atoms with Gasteiger partial charge in [0, 0.05) is 33.3 Å². The number of carbonyl (C=O) groups is 1. The van der Waals surface area contributed by atoms with Crippen molar-refractivity contribution in [1.29, 1.82) is 0 Å². The molecular formula is C21H20N4O3. The first-order valence-electron chi connectivity index (χ1n) is 9.29. The zero-order valence-electron chi connectivity index (χ0n) is 15.8. The summed E-state index contributed by atoms with van der Waals surface area (Å²) in [6, 6.07) is 9.84. The smallest absolute Gasteiger partial charge is 0.272 e. The highest BCUT2D eigenvalue weighted by Gasteiger charge is 2.28. The number of nitrogens with zero attached hydrogens (tertiary/aromatic N) is 4. The van der Waals surface area contributed by atoms with E-state index in [9.17, 15) is 4.79 Å². The standard InChI is InChI=1S/C21H20N4O3/c1-13-23-17-9-14(3-5-19(17)28-13)15-4-6-20-22-10-18(25(20)11-15)21(26)24-8-7-16(12-24)27-2/h3-6,9-11,16H,7-8,12H2,1-2H3/t16-/m1/s1. The maximum absolute atomic E-state index is 13.0. The number of aryl methyl sites for hydroxylation is 1. The third-order valence-corrected chi connectivity index (χ3v) is 5.32. The number of ether oxygens (including phenoxy) is 1. The van der Waals surface area contributed by atoms with Gasteiger partial charge in [0.2, 0.25) is 0 Å². The van der Waals surface area contributed by atoms with E-state index in [0.29, 0.717) is 24.7 Å². The lowest BCUT2D eigenvalue weighted by Gasteiger charge is -2.16. The zero-order chi connectivity index (χ0) is 19.3. The average Bonchev–Trinajstić information content (AvgIpc) is 3.43. The summed E-state index contributed by atoms with van der Waals surface area (Å²) in [6.45, 7) is 3.15. The fraction of sp³-hybridized carbons (Fsp3) is 0.286. The highest BCUT2D eigenvalue weighted by Crippen LogP contribution is 2.26. The lowest BCUT2D eigenvalue weighted by atomic mass is 10.1. The summed E-state index contributed by atoms with van der Waals surface area (Å²) in [4.78, 5) is 23.6. The summed E-state index contributed by atoms with van der Waals surface area (Å²) in [6.07, 6.45) is 4.57. The van der Waals surface area contributed by atoms with Crippen LogP contribution in [0.15, 0.2) is 47.1 Å². The van der Waals surface area contributed by atoms with E-state index < -0.39 is 0 Å². The zero-order valence-corrected chi connectivity index (χ0v) is 15.8. The molecule has 28 heavy (non-hydrogen) atoms. The molecule has 1 aromatic carbocycles. The van der Waals surface area contributed by atoms with Crippen LogP contribution in [-0.4, -0.2) is 51.5 Å². The summed E-state index contributed by atoms with van der Waals surface area (Å²) in [5.74, 6) is 0.622. The van der Waals surface area contributed by atoms with Gasteiger partial charge in [-0.2, -0.15) is 0 Å². The highest BCUT2D eigenvalue weighted by atomic mass is 16.5. The number of pyridine rings is 1. The van der Waals surface area contributed by atoms with Crippen LogP contribution in [0.3, 0.4) is 0 Å². The first kappa shape index (κ1) is 16.9. The first-order valence-corrected chi connectivity index (χ1v) is 9.29. The van der Waals surface area contributed by atoms with Gasteiger partial charge < -0.3 is 14.1 Å². The monoisotopic (exact) mass is 376 g/mol. The molecule has 7 nitrogen and oxygen atoms in total. The molecule has 0 saturated carbocycles. The van der Waals surface area contributed by atoms with Crippen molar-refractivity contribution in [3.63, 3.8) is 0 Å². The first-order chi connectivity index (χ1) is 13.6. The molecule has 0 radical (unpaired) electrons. The molecule has 1 saturated heterocycles. The maximum atomic E-state index is 13.0. The third-order valence-electron chi connectivity index (χ3n) is 5.32. The van der Waals surface area contributed by atoms with E-state index >= 15 is 0 Å². The van der Waals surface area contributed by atoms with Crippen molar-refractivity contribution in [1.82, 2.24) is 19.3 Å². The second kappa shape index (κ2) is 6.45. The highest BCUT2D eigenvalue weighted by molar-refractivity contribution is 5.93. The third kappa shape index (κ3) is 2.75. The van der Waals surface area contributed by atoms with Crippen LogP contribution in [0.4, 0.5) is 0 Å². The molecule has 0 bridgehead atoms. The molecule has 7 heteroatoms. The number of aromatic nitrogens is 3. The number of amides is 1. The molecule has 0 unspecified atom stereocenters. The summed E-state index contributed by atoms with van der Waals surface area (Å²) in [5, 5.41) is 0. The fourth-order valence-corrected chi connectivity index (χ4v) is 3.80. The Labute approximate surface area is 161 Å². The van der Waals surface area contributed by atoms with Crippen LogP contribution in [-0.2, 0) is 4.74 Å². The second-order valence-corrected chi connectivity index (χ2v) is 7.10. The Kier molecular flexibility index (Phi) is 3.91. The Morgan fingerprint density at radius 3 is 2.93 bits per heavy atom. The minimum absolute atomic E-state index is 0.0215. The lowest BCUT2D eigenvalue weighted by Crippen LogP contribution is -2.30. The van der Waals surface area contributed by atoms with Crippen LogP contribution in [0.25, 0.3) is 27.9 Å². The van der Waals surface area contributed by atoms with E-state index in [1.54, 1.807) is 13.3 Å². The number of hydrogen-bond acceptors (Lipinski definition) is 5. The Morgan fingerprint density at radius 2 is 2.11 bits per heavy atom. The molecule has 0 N–H and O–H groups in total. The SMILES string of the molecule is CO[C@@H]1CCN(C(=O)c2cnc3ccc(-c4ccc5oc(C)nc5c4)cn23)C1. The molecule has 1 aliphatic heterocycles. The summed E-state index contributed by atoms with van der Waals surface area (Å²) in [7, 11) is 1.69. The molecule has 1 fully saturated rings. The average molecular weight is 376 g/mol. The van der Waals surface area contributed by atoms with Gasteiger partial charge in [0.25, 0.3) is 5.91 Å². The molecule has 0 spiro atoms. The number of carbonyl (C=O) groups excluding carboxylic acids is 1. The normalized spacial score (nSPS) is 17.1. The predicted molar refractivity (Wildman–Crippen MR) is 104 cm³/mol. The van der Waals surface area contributed by atoms with Crippen molar-refractivity contribution in [2.24, 2.45) is 0 Å². The van der Waals surface area contributed by atoms with Crippen LogP contribution in [0.1, 0.15) is 22.8 Å². The van der Waals surface area contributed by atoms with E-state index in [-0.39, 0.29) is 12.0 Å². The van der Waals surface area contributed by atoms with Crippen LogP contribution >= 0.6 is 0 Å². The fourth-order valence-electron chi connectivity index (χ4n) is 3.80. The molecule has 4 aromatic rings. The molecule has 142 valence electrons. The van der Waals surface area contributed by atoms with Gasteiger partial charge in [-0.3, -0.25) is 9.20 Å². The topological polar surface area (TPSA) is 72.9 Å². The second-order valence-electron chi connectivity index (χ2n) is 7.10. The summed E-state index contributed by atoms with van der Waals surface area (Å²) < 4.78 is 12.8. The predicted octanol–water partition coefficient (Wildman–Crippen LogP) is 3.31. The van der Waals surface area contributed by atoms with Crippen LogP contribution in [0, 0.1) is 6.92 Å². The molecule has 4 heterocycles. The van der Waals surface area contributed by atoms with Crippen molar-refractivity contribution >= 4 is 22.7 Å². The van der Waals surface area contributed by atoms with Crippen LogP contribution in [0.2, 0.25) is 0 Å². The molecule has 3 aromatic heterocycles. The van der Waals surface area contributed by atoms with E-state index in [2.05, 4.69) is 9.97 Å². The van der Waals surface area contributed by atoms with Gasteiger partial charge in [0.15, 0.2) is 11.5 Å². The van der Waals surface area contributed by atoms with Crippen molar-refractivity contribution in [3.8, 4) is 11.1 Å². The number of methoxy groups -OCH3 is 1. The Balaban J connectivity index is 1.53. The molecule has 1 aliphatic rings. The van der Waals surface area contributed by atoms with Gasteiger partial charge in [-0.05, 0) is 41.8 Å². The van der Waals surface area contributed by atoms with Gasteiger partial charge in [-0.1, -0.05) is 6.07 Å². The quantitative estimate of drug-likeness (QED) is 0.548. The number of fused-ring (bicyclic) bond motifs is 2. The van der Waals surface area contributed by atoms with Gasteiger partial charge in [0.1, 0.15) is 16.9 Å². The number of oxazole rings is 1. The minimum atomic E-state index is -0.0215. The minimum Gasteiger partial charge on any atom is -0.441 e. The maximum Gasteiger partial charge on any atom is 0.272 e. The van der Waals surface area contributed by atoms with E-state index in [4.69, 9.17) is 9.15 Å². The van der Waals surface area contributed by atoms with Gasteiger partial charge in [-0.15, -0.1) is 0 Å². The Hall–Kier alpha value is -3.19. The number of hydrogen-bond donors (Lipinski definition) is 0.